The molecule has 2 saturated heterocycles. The first kappa shape index (κ1) is 17.9. The van der Waals surface area contributed by atoms with Crippen molar-refractivity contribution in [3.05, 3.63) is 35.9 Å². The van der Waals surface area contributed by atoms with Crippen molar-refractivity contribution in [2.45, 2.75) is 32.1 Å². The van der Waals surface area contributed by atoms with Gasteiger partial charge in [0, 0.05) is 31.6 Å². The van der Waals surface area contributed by atoms with Crippen LogP contribution >= 0.6 is 0 Å². The Hall–Kier alpha value is -1.88. The molecule has 1 aromatic carbocycles. The van der Waals surface area contributed by atoms with Crippen LogP contribution in [0.4, 0.5) is 0 Å². The predicted octanol–water partition coefficient (Wildman–Crippen LogP) is 2.04. The lowest BCUT2D eigenvalue weighted by atomic mass is 9.96. The summed E-state index contributed by atoms with van der Waals surface area (Å²) in [6.45, 7) is 4.45. The Morgan fingerprint density at radius 2 is 1.84 bits per heavy atom. The van der Waals surface area contributed by atoms with Gasteiger partial charge in [-0.1, -0.05) is 18.2 Å². The molecule has 0 aromatic heterocycles. The van der Waals surface area contributed by atoms with Gasteiger partial charge in [-0.15, -0.1) is 0 Å². The molecule has 136 valence electrons. The fourth-order valence-corrected chi connectivity index (χ4v) is 3.75. The summed E-state index contributed by atoms with van der Waals surface area (Å²) in [5, 5.41) is 6.43. The van der Waals surface area contributed by atoms with Crippen molar-refractivity contribution in [2.75, 3.05) is 32.7 Å². The molecular formula is C20H29N3O2. The third kappa shape index (κ3) is 5.30. The second-order valence-electron chi connectivity index (χ2n) is 7.30. The molecule has 0 saturated carbocycles. The van der Waals surface area contributed by atoms with Gasteiger partial charge < -0.3 is 15.5 Å². The summed E-state index contributed by atoms with van der Waals surface area (Å²) in [5.74, 6) is 1.44. The molecule has 5 nitrogen and oxygen atoms in total. The summed E-state index contributed by atoms with van der Waals surface area (Å²) < 4.78 is 0. The fraction of sp³-hybridized carbons (Fsp3) is 0.600. The van der Waals surface area contributed by atoms with Crippen molar-refractivity contribution in [1.82, 2.24) is 15.5 Å². The number of rotatable bonds is 6. The van der Waals surface area contributed by atoms with Gasteiger partial charge in [0.05, 0.1) is 0 Å². The Morgan fingerprint density at radius 1 is 1.08 bits per heavy atom. The molecule has 2 heterocycles. The second-order valence-corrected chi connectivity index (χ2v) is 7.30. The molecule has 0 spiro atoms. The minimum atomic E-state index is 0.119. The monoisotopic (exact) mass is 343 g/mol. The van der Waals surface area contributed by atoms with Crippen LogP contribution in [-0.4, -0.2) is 49.4 Å². The summed E-state index contributed by atoms with van der Waals surface area (Å²) in [6, 6.07) is 9.46. The van der Waals surface area contributed by atoms with Crippen molar-refractivity contribution in [3.8, 4) is 0 Å². The lowest BCUT2D eigenvalue weighted by molar-refractivity contribution is -0.121. The Labute approximate surface area is 150 Å². The van der Waals surface area contributed by atoms with Crippen LogP contribution in [0, 0.1) is 11.8 Å². The highest BCUT2D eigenvalue weighted by Gasteiger charge is 2.24. The number of hydrogen-bond donors (Lipinski definition) is 2. The highest BCUT2D eigenvalue weighted by Crippen LogP contribution is 2.19. The molecule has 2 aliphatic heterocycles. The van der Waals surface area contributed by atoms with Crippen molar-refractivity contribution in [3.63, 3.8) is 0 Å². The molecule has 5 heteroatoms. The van der Waals surface area contributed by atoms with Crippen molar-refractivity contribution >= 4 is 11.8 Å². The normalized spacial score (nSPS) is 21.3. The second kappa shape index (κ2) is 8.99. The molecule has 0 bridgehead atoms. The first-order chi connectivity index (χ1) is 12.2. The van der Waals surface area contributed by atoms with E-state index < -0.39 is 0 Å². The fourth-order valence-electron chi connectivity index (χ4n) is 3.75. The van der Waals surface area contributed by atoms with Crippen LogP contribution in [0.3, 0.4) is 0 Å². The number of hydrogen-bond acceptors (Lipinski definition) is 3. The molecule has 2 amide bonds. The quantitative estimate of drug-likeness (QED) is 0.831. The molecule has 0 radical (unpaired) electrons. The largest absolute Gasteiger partial charge is 0.356 e. The van der Waals surface area contributed by atoms with Gasteiger partial charge in [-0.25, -0.2) is 0 Å². The van der Waals surface area contributed by atoms with Crippen LogP contribution in [0.15, 0.2) is 30.3 Å². The number of nitrogens with zero attached hydrogens (tertiary/aromatic N) is 1. The Morgan fingerprint density at radius 3 is 2.52 bits per heavy atom. The lowest BCUT2D eigenvalue weighted by Crippen LogP contribution is -2.41. The molecule has 1 atom stereocenters. The summed E-state index contributed by atoms with van der Waals surface area (Å²) in [4.78, 5) is 26.4. The SMILES string of the molecule is O=C(CCC1CCNC1)NCC1CCN(C(=O)c2ccccc2)CC1. The maximum Gasteiger partial charge on any atom is 0.253 e. The summed E-state index contributed by atoms with van der Waals surface area (Å²) in [7, 11) is 0. The molecule has 2 fully saturated rings. The first-order valence-electron chi connectivity index (χ1n) is 9.54. The maximum absolute atomic E-state index is 12.4. The topological polar surface area (TPSA) is 61.4 Å². The van der Waals surface area contributed by atoms with E-state index in [0.29, 0.717) is 18.3 Å². The number of carbonyl (C=O) groups excluding carboxylic acids is 2. The van der Waals surface area contributed by atoms with Crippen molar-refractivity contribution < 1.29 is 9.59 Å². The zero-order valence-electron chi connectivity index (χ0n) is 14.9. The minimum Gasteiger partial charge on any atom is -0.356 e. The van der Waals surface area contributed by atoms with Gasteiger partial charge in [0.15, 0.2) is 0 Å². The van der Waals surface area contributed by atoms with E-state index in [2.05, 4.69) is 10.6 Å². The van der Waals surface area contributed by atoms with E-state index in [-0.39, 0.29) is 11.8 Å². The Bertz CT molecular complexity index is 562. The summed E-state index contributed by atoms with van der Waals surface area (Å²) >= 11 is 0. The maximum atomic E-state index is 12.4. The van der Waals surface area contributed by atoms with Gasteiger partial charge >= 0.3 is 0 Å². The molecule has 2 N–H and O–H groups in total. The molecule has 2 aliphatic rings. The van der Waals surface area contributed by atoms with Crippen molar-refractivity contribution in [2.24, 2.45) is 11.8 Å². The third-order valence-corrected chi connectivity index (χ3v) is 5.45. The average molecular weight is 343 g/mol. The highest BCUT2D eigenvalue weighted by atomic mass is 16.2. The number of benzene rings is 1. The van der Waals surface area contributed by atoms with Gasteiger partial charge in [-0.2, -0.15) is 0 Å². The van der Waals surface area contributed by atoms with Gasteiger partial charge in [-0.05, 0) is 62.7 Å². The van der Waals surface area contributed by atoms with Crippen LogP contribution in [0.5, 0.6) is 0 Å². The van der Waals surface area contributed by atoms with Gasteiger partial charge in [0.1, 0.15) is 0 Å². The van der Waals surface area contributed by atoms with E-state index in [1.54, 1.807) is 0 Å². The van der Waals surface area contributed by atoms with Crippen LogP contribution in [0.1, 0.15) is 42.5 Å². The number of nitrogens with one attached hydrogen (secondary N) is 2. The van der Waals surface area contributed by atoms with E-state index >= 15 is 0 Å². The molecule has 1 unspecified atom stereocenters. The zero-order valence-corrected chi connectivity index (χ0v) is 14.9. The summed E-state index contributed by atoms with van der Waals surface area (Å²) in [6.07, 6.45) is 4.75. The molecule has 25 heavy (non-hydrogen) atoms. The standard InChI is InChI=1S/C20H29N3O2/c24-19(7-6-16-8-11-21-14-16)22-15-17-9-12-23(13-10-17)20(25)18-4-2-1-3-5-18/h1-5,16-17,21H,6-15H2,(H,22,24). The molecular weight excluding hydrogens is 314 g/mol. The highest BCUT2D eigenvalue weighted by molar-refractivity contribution is 5.94. The van der Waals surface area contributed by atoms with E-state index in [1.165, 1.54) is 6.42 Å². The minimum absolute atomic E-state index is 0.119. The number of likely N-dealkylation sites (tertiary alicyclic amines) is 1. The van der Waals surface area contributed by atoms with Crippen LogP contribution in [0.2, 0.25) is 0 Å². The van der Waals surface area contributed by atoms with Crippen LogP contribution in [0.25, 0.3) is 0 Å². The van der Waals surface area contributed by atoms with E-state index in [0.717, 1.165) is 57.5 Å². The molecule has 3 rings (SSSR count). The van der Waals surface area contributed by atoms with E-state index in [4.69, 9.17) is 0 Å². The average Bonchev–Trinajstić information content (AvgIpc) is 3.19. The molecule has 1 aromatic rings. The van der Waals surface area contributed by atoms with Crippen LogP contribution < -0.4 is 10.6 Å². The Balaban J connectivity index is 1.33. The number of carbonyl (C=O) groups is 2. The first-order valence-corrected chi connectivity index (χ1v) is 9.54. The summed E-state index contributed by atoms with van der Waals surface area (Å²) in [5.41, 5.74) is 0.760. The van der Waals surface area contributed by atoms with Gasteiger partial charge in [0.2, 0.25) is 5.91 Å². The van der Waals surface area contributed by atoms with Gasteiger partial charge in [0.25, 0.3) is 5.91 Å². The lowest BCUT2D eigenvalue weighted by Gasteiger charge is -2.32. The number of piperidine rings is 1. The Kier molecular flexibility index (Phi) is 6.45. The zero-order chi connectivity index (χ0) is 17.5. The van der Waals surface area contributed by atoms with Gasteiger partial charge in [-0.3, -0.25) is 9.59 Å². The smallest absolute Gasteiger partial charge is 0.253 e. The third-order valence-electron chi connectivity index (χ3n) is 5.45. The molecule has 0 aliphatic carbocycles. The van der Waals surface area contributed by atoms with Crippen LogP contribution in [-0.2, 0) is 4.79 Å². The number of amides is 2. The van der Waals surface area contributed by atoms with Crippen molar-refractivity contribution in [1.29, 1.82) is 0 Å². The predicted molar refractivity (Wildman–Crippen MR) is 98.3 cm³/mol. The van der Waals surface area contributed by atoms with E-state index in [9.17, 15) is 9.59 Å². The van der Waals surface area contributed by atoms with E-state index in [1.807, 2.05) is 35.2 Å².